The Bertz CT molecular complexity index is 1720. The zero-order chi connectivity index (χ0) is 34.2. The summed E-state index contributed by atoms with van der Waals surface area (Å²) in [6.45, 7) is 10.7. The van der Waals surface area contributed by atoms with Gasteiger partial charge in [-0.2, -0.15) is 0 Å². The molecule has 4 rings (SSSR count). The van der Waals surface area contributed by atoms with Gasteiger partial charge in [-0.1, -0.05) is 38.4 Å². The van der Waals surface area contributed by atoms with Crippen LogP contribution in [0.15, 0.2) is 29.2 Å². The molecule has 0 bridgehead atoms. The fourth-order valence-corrected chi connectivity index (χ4v) is 6.59. The lowest BCUT2D eigenvalue weighted by Gasteiger charge is -2.33. The highest BCUT2D eigenvalue weighted by atomic mass is 35.5. The lowest BCUT2D eigenvalue weighted by Crippen LogP contribution is -2.46. The molecule has 46 heavy (non-hydrogen) atoms. The zero-order valence-corrected chi connectivity index (χ0v) is 30.4. The summed E-state index contributed by atoms with van der Waals surface area (Å²) >= 11 is 6.91. The fourth-order valence-electron chi connectivity index (χ4n) is 5.74. The molecule has 1 aliphatic rings. The Balaban J connectivity index is 1.89. The highest BCUT2D eigenvalue weighted by Crippen LogP contribution is 2.39. The third kappa shape index (κ3) is 8.97. The Labute approximate surface area is 279 Å². The predicted octanol–water partition coefficient (Wildman–Crippen LogP) is 6.67. The van der Waals surface area contributed by atoms with E-state index in [9.17, 15) is 14.4 Å². The van der Waals surface area contributed by atoms with E-state index in [1.807, 2.05) is 19.9 Å². The smallest absolute Gasteiger partial charge is 0.325 e. The van der Waals surface area contributed by atoms with E-state index in [0.29, 0.717) is 46.3 Å². The number of nitrogens with zero attached hydrogens (tertiary/aromatic N) is 3. The van der Waals surface area contributed by atoms with Crippen LogP contribution in [0.2, 0.25) is 5.02 Å². The number of aromatic nitrogens is 3. The number of carbonyl (C=O) groups excluding carboxylic acids is 2. The second-order valence-electron chi connectivity index (χ2n) is 15.0. The molecule has 252 valence electrons. The van der Waals surface area contributed by atoms with Crippen LogP contribution in [0, 0.1) is 11.3 Å². The fraction of sp³-hybridized carbons (Fsp3) is 0.543. The molecule has 2 heterocycles. The van der Waals surface area contributed by atoms with Gasteiger partial charge < -0.3 is 19.4 Å². The van der Waals surface area contributed by atoms with Gasteiger partial charge in [-0.15, -0.1) is 0 Å². The normalized spacial score (nSPS) is 14.6. The molecular weight excluding hydrogens is 624 g/mol. The molecule has 0 radical (unpaired) electrons. The molecule has 1 amide bonds. The number of hydrogen-bond acceptors (Lipinski definition) is 6. The SMILES string of the molecule is COC(=O)Cn1cc(-c2cc(Cl)c(OCCS(C)(C)C)c(C(=O)NC(C)(C)CC(C)(C)C)c2)c2c(=O)n(C)c(/C=C/C3CC3)nc21. The number of amides is 1. The Morgan fingerprint density at radius 2 is 1.83 bits per heavy atom. The van der Waals surface area contributed by atoms with Crippen LogP contribution >= 0.6 is 21.6 Å². The first-order valence-corrected chi connectivity index (χ1v) is 19.0. The lowest BCUT2D eigenvalue weighted by atomic mass is 9.81. The number of hydrogen-bond donors (Lipinski definition) is 1. The van der Waals surface area contributed by atoms with E-state index in [1.165, 1.54) is 11.7 Å². The van der Waals surface area contributed by atoms with Crippen molar-refractivity contribution in [3.63, 3.8) is 0 Å². The number of rotatable bonds is 12. The molecule has 1 N–H and O–H groups in total. The van der Waals surface area contributed by atoms with Gasteiger partial charge >= 0.3 is 5.97 Å². The van der Waals surface area contributed by atoms with Crippen molar-refractivity contribution in [2.24, 2.45) is 18.4 Å². The van der Waals surface area contributed by atoms with Gasteiger partial charge in [-0.3, -0.25) is 19.0 Å². The summed E-state index contributed by atoms with van der Waals surface area (Å²) in [5.74, 6) is 1.31. The van der Waals surface area contributed by atoms with Crippen LogP contribution in [0.5, 0.6) is 5.75 Å². The minimum Gasteiger partial charge on any atom is -0.490 e. The molecule has 1 fully saturated rings. The molecule has 1 aliphatic carbocycles. The first kappa shape index (κ1) is 35.6. The molecular formula is C35H49ClN4O5S. The van der Waals surface area contributed by atoms with Crippen molar-refractivity contribution in [1.82, 2.24) is 19.4 Å². The number of halogens is 1. The Kier molecular flexibility index (Phi) is 10.4. The van der Waals surface area contributed by atoms with Crippen LogP contribution < -0.4 is 15.6 Å². The van der Waals surface area contributed by atoms with Crippen molar-refractivity contribution < 1.29 is 19.1 Å². The third-order valence-corrected chi connectivity index (χ3v) is 9.44. The summed E-state index contributed by atoms with van der Waals surface area (Å²) in [6, 6.07) is 3.42. The van der Waals surface area contributed by atoms with E-state index in [-0.39, 0.29) is 34.0 Å². The number of esters is 1. The minimum absolute atomic E-state index is 0.0215. The molecule has 3 aromatic rings. The third-order valence-electron chi connectivity index (χ3n) is 7.76. The van der Waals surface area contributed by atoms with E-state index in [2.05, 4.69) is 50.9 Å². The number of ether oxygens (including phenoxy) is 2. The quantitative estimate of drug-likeness (QED) is 0.216. The van der Waals surface area contributed by atoms with Crippen molar-refractivity contribution in [2.45, 2.75) is 66.0 Å². The number of carbonyl (C=O) groups is 2. The number of nitrogens with one attached hydrogen (secondary N) is 1. The molecule has 9 nitrogen and oxygen atoms in total. The highest BCUT2D eigenvalue weighted by molar-refractivity contribution is 8.32. The van der Waals surface area contributed by atoms with Crippen molar-refractivity contribution in [1.29, 1.82) is 0 Å². The zero-order valence-electron chi connectivity index (χ0n) is 28.9. The summed E-state index contributed by atoms with van der Waals surface area (Å²) < 4.78 is 14.3. The van der Waals surface area contributed by atoms with Gasteiger partial charge in [0.1, 0.15) is 18.0 Å². The lowest BCUT2D eigenvalue weighted by molar-refractivity contribution is -0.141. The second-order valence-corrected chi connectivity index (χ2v) is 20.0. The molecule has 1 aromatic carbocycles. The molecule has 2 aromatic heterocycles. The van der Waals surface area contributed by atoms with E-state index < -0.39 is 21.5 Å². The Hall–Kier alpha value is -3.24. The van der Waals surface area contributed by atoms with E-state index >= 15 is 0 Å². The Morgan fingerprint density at radius 1 is 1.15 bits per heavy atom. The van der Waals surface area contributed by atoms with Gasteiger partial charge in [0.15, 0.2) is 5.75 Å². The molecule has 0 atom stereocenters. The highest BCUT2D eigenvalue weighted by Gasteiger charge is 2.30. The summed E-state index contributed by atoms with van der Waals surface area (Å²) in [5, 5.41) is 3.76. The molecule has 0 saturated heterocycles. The van der Waals surface area contributed by atoms with Crippen molar-refractivity contribution in [2.75, 3.05) is 38.2 Å². The van der Waals surface area contributed by atoms with E-state index in [0.717, 1.165) is 25.0 Å². The topological polar surface area (TPSA) is 104 Å². The molecule has 0 aliphatic heterocycles. The van der Waals surface area contributed by atoms with Crippen molar-refractivity contribution in [3.8, 4) is 16.9 Å². The first-order valence-electron chi connectivity index (χ1n) is 15.6. The largest absolute Gasteiger partial charge is 0.490 e. The van der Waals surface area contributed by atoms with Crippen LogP contribution in [0.1, 0.15) is 70.1 Å². The van der Waals surface area contributed by atoms with Gasteiger partial charge in [-0.25, -0.2) is 15.0 Å². The maximum atomic E-state index is 14.0. The number of fused-ring (bicyclic) bond motifs is 1. The molecule has 0 unspecified atom stereocenters. The maximum absolute atomic E-state index is 14.0. The summed E-state index contributed by atoms with van der Waals surface area (Å²) in [7, 11) is 2.15. The summed E-state index contributed by atoms with van der Waals surface area (Å²) in [6.07, 6.45) is 15.2. The molecule has 11 heteroatoms. The average molecular weight is 673 g/mol. The predicted molar refractivity (Wildman–Crippen MR) is 191 cm³/mol. The van der Waals surface area contributed by atoms with Crippen molar-refractivity contribution >= 4 is 50.6 Å². The number of allylic oxidation sites excluding steroid dienone is 1. The van der Waals surface area contributed by atoms with E-state index in [1.54, 1.807) is 29.9 Å². The summed E-state index contributed by atoms with van der Waals surface area (Å²) in [4.78, 5) is 45.2. The van der Waals surface area contributed by atoms with Crippen LogP contribution in [0.4, 0.5) is 0 Å². The standard InChI is InChI=1S/C35H49ClN4O5S/c1-34(2,3)21-35(4,5)38-32(42)24-17-23(18-26(36)30(24)45-15-16-46(8,9)10)25-19-40(20-28(41)44-7)31-29(25)33(43)39(6)27(37-31)14-13-22-11-12-22/h13-14,17-19,22H,11-12,15-16,20-21H2,1-10H3,(H,38,42)/b14-13+. The second kappa shape index (κ2) is 13.5. The van der Waals surface area contributed by atoms with Crippen LogP contribution in [-0.2, 0) is 23.1 Å². The van der Waals surface area contributed by atoms with Crippen LogP contribution in [0.25, 0.3) is 28.2 Å². The van der Waals surface area contributed by atoms with Gasteiger partial charge in [0, 0.05) is 30.1 Å². The monoisotopic (exact) mass is 672 g/mol. The summed E-state index contributed by atoms with van der Waals surface area (Å²) in [5.41, 5.74) is 0.835. The van der Waals surface area contributed by atoms with Gasteiger partial charge in [0.05, 0.1) is 29.7 Å². The van der Waals surface area contributed by atoms with Crippen molar-refractivity contribution in [3.05, 3.63) is 51.2 Å². The van der Waals surface area contributed by atoms with Gasteiger partial charge in [-0.05, 0) is 87.0 Å². The van der Waals surface area contributed by atoms with Gasteiger partial charge in [0.25, 0.3) is 11.5 Å². The average Bonchev–Trinajstić information content (AvgIpc) is 3.68. The maximum Gasteiger partial charge on any atom is 0.325 e. The van der Waals surface area contributed by atoms with Crippen LogP contribution in [0.3, 0.4) is 0 Å². The van der Waals surface area contributed by atoms with E-state index in [4.69, 9.17) is 26.1 Å². The number of methoxy groups -OCH3 is 1. The molecule has 1 saturated carbocycles. The van der Waals surface area contributed by atoms with Gasteiger partial charge in [0.2, 0.25) is 0 Å². The van der Waals surface area contributed by atoms with Crippen LogP contribution in [-0.4, -0.2) is 69.8 Å². The minimum atomic E-state index is -0.850. The molecule has 0 spiro atoms. The number of benzene rings is 1. The first-order chi connectivity index (χ1) is 21.3. The Morgan fingerprint density at radius 3 is 2.41 bits per heavy atom.